The van der Waals surface area contributed by atoms with Crippen LogP contribution in [0.2, 0.25) is 0 Å². The first-order valence-electron chi connectivity index (χ1n) is 10.7. The third-order valence-corrected chi connectivity index (χ3v) is 4.73. The lowest BCUT2D eigenvalue weighted by atomic mass is 9.92. The Balaban J connectivity index is 2.29. The van der Waals surface area contributed by atoms with Gasteiger partial charge in [0.15, 0.2) is 0 Å². The van der Waals surface area contributed by atoms with Crippen LogP contribution < -0.4 is 11.1 Å². The summed E-state index contributed by atoms with van der Waals surface area (Å²) >= 11 is 0. The van der Waals surface area contributed by atoms with Crippen LogP contribution in [-0.4, -0.2) is 40.2 Å². The van der Waals surface area contributed by atoms with E-state index in [-0.39, 0.29) is 30.8 Å². The molecule has 1 aromatic carbocycles. The fourth-order valence-electron chi connectivity index (χ4n) is 2.98. The normalized spacial score (nSPS) is 12.5. The Morgan fingerprint density at radius 3 is 2.50 bits per heavy atom. The zero-order valence-electron chi connectivity index (χ0n) is 19.1. The van der Waals surface area contributed by atoms with Crippen LogP contribution in [0.15, 0.2) is 48.6 Å². The van der Waals surface area contributed by atoms with Crippen LogP contribution in [0.5, 0.6) is 0 Å². The van der Waals surface area contributed by atoms with Gasteiger partial charge in [0.25, 0.3) is 5.91 Å². The molecule has 0 aliphatic heterocycles. The molecule has 32 heavy (non-hydrogen) atoms. The summed E-state index contributed by atoms with van der Waals surface area (Å²) in [5.74, 6) is -1.36. The average Bonchev–Trinajstić information content (AvgIpc) is 3.15. The Morgan fingerprint density at radius 1 is 1.22 bits per heavy atom. The van der Waals surface area contributed by atoms with Crippen LogP contribution in [0, 0.1) is 0 Å². The van der Waals surface area contributed by atoms with Gasteiger partial charge in [-0.05, 0) is 25.0 Å². The molecule has 0 spiro atoms. The van der Waals surface area contributed by atoms with Gasteiger partial charge in [-0.15, -0.1) is 0 Å². The Bertz CT molecular complexity index is 958. The summed E-state index contributed by atoms with van der Waals surface area (Å²) in [5, 5.41) is 7.54. The summed E-state index contributed by atoms with van der Waals surface area (Å²) in [5.41, 5.74) is 7.22. The fraction of sp³-hybridized carbons (Fsp3) is 0.417. The predicted octanol–water partition coefficient (Wildman–Crippen LogP) is 2.71. The highest BCUT2D eigenvalue weighted by Gasteiger charge is 2.24. The second-order valence-electron chi connectivity index (χ2n) is 8.50. The molecule has 0 saturated heterocycles. The molecular weight excluding hydrogens is 408 g/mol. The van der Waals surface area contributed by atoms with Crippen LogP contribution in [0.4, 0.5) is 0 Å². The van der Waals surface area contributed by atoms with E-state index in [1.807, 2.05) is 51.1 Å². The van der Waals surface area contributed by atoms with Gasteiger partial charge in [0.1, 0.15) is 5.69 Å². The largest absolute Gasteiger partial charge is 0.463 e. The molecule has 2 aromatic rings. The van der Waals surface area contributed by atoms with E-state index in [1.54, 1.807) is 17.7 Å². The van der Waals surface area contributed by atoms with E-state index in [0.717, 1.165) is 11.3 Å². The number of hydrogen-bond acceptors (Lipinski definition) is 5. The zero-order chi connectivity index (χ0) is 23.7. The molecule has 0 bridgehead atoms. The molecule has 0 aliphatic carbocycles. The number of hydrogen-bond donors (Lipinski definition) is 2. The van der Waals surface area contributed by atoms with Crippen molar-refractivity contribution in [3.8, 4) is 0 Å². The van der Waals surface area contributed by atoms with Crippen molar-refractivity contribution in [3.05, 3.63) is 65.5 Å². The summed E-state index contributed by atoms with van der Waals surface area (Å²) in [6.45, 7) is 8.48. The van der Waals surface area contributed by atoms with Crippen molar-refractivity contribution in [1.82, 2.24) is 15.1 Å². The molecule has 0 fully saturated rings. The summed E-state index contributed by atoms with van der Waals surface area (Å²) in [6.07, 6.45) is 3.09. The minimum absolute atomic E-state index is 0.0641. The maximum absolute atomic E-state index is 13.2. The molecule has 0 radical (unpaired) electrons. The number of nitrogens with one attached hydrogen (secondary N) is 1. The Hall–Kier alpha value is -3.42. The summed E-state index contributed by atoms with van der Waals surface area (Å²) in [7, 11) is 0. The van der Waals surface area contributed by atoms with E-state index in [0.29, 0.717) is 12.2 Å². The number of ether oxygens (including phenoxy) is 1. The number of esters is 1. The topological polar surface area (TPSA) is 116 Å². The van der Waals surface area contributed by atoms with Crippen LogP contribution in [-0.2, 0) is 26.3 Å². The summed E-state index contributed by atoms with van der Waals surface area (Å²) < 4.78 is 6.56. The van der Waals surface area contributed by atoms with E-state index in [9.17, 15) is 14.4 Å². The van der Waals surface area contributed by atoms with Crippen LogP contribution in [0.25, 0.3) is 0 Å². The van der Waals surface area contributed by atoms with E-state index < -0.39 is 17.9 Å². The molecule has 1 atom stereocenters. The van der Waals surface area contributed by atoms with Gasteiger partial charge in [-0.25, -0.2) is 4.79 Å². The Morgan fingerprint density at radius 2 is 1.91 bits per heavy atom. The van der Waals surface area contributed by atoms with Gasteiger partial charge in [-0.3, -0.25) is 14.3 Å². The number of rotatable bonds is 10. The molecule has 8 nitrogen and oxygen atoms in total. The molecule has 2 rings (SSSR count). The van der Waals surface area contributed by atoms with E-state index in [2.05, 4.69) is 10.4 Å². The molecule has 0 aliphatic rings. The van der Waals surface area contributed by atoms with Crippen LogP contribution in [0.3, 0.4) is 0 Å². The number of primary amides is 1. The van der Waals surface area contributed by atoms with Gasteiger partial charge in [0.05, 0.1) is 18.8 Å². The highest BCUT2D eigenvalue weighted by Crippen LogP contribution is 2.22. The van der Waals surface area contributed by atoms with Gasteiger partial charge >= 0.3 is 5.97 Å². The second-order valence-corrected chi connectivity index (χ2v) is 8.50. The first kappa shape index (κ1) is 24.8. The molecule has 8 heteroatoms. The van der Waals surface area contributed by atoms with E-state index >= 15 is 0 Å². The monoisotopic (exact) mass is 440 g/mol. The lowest BCUT2D eigenvalue weighted by Crippen LogP contribution is -2.36. The van der Waals surface area contributed by atoms with Gasteiger partial charge in [0, 0.05) is 24.0 Å². The van der Waals surface area contributed by atoms with E-state index in [1.165, 1.54) is 12.2 Å². The minimum atomic E-state index is -0.572. The van der Waals surface area contributed by atoms with Crippen molar-refractivity contribution >= 4 is 17.8 Å². The molecule has 1 unspecified atom stereocenters. The zero-order valence-corrected chi connectivity index (χ0v) is 19.1. The molecule has 0 saturated carbocycles. The molecule has 3 N–H and O–H groups in total. The number of carbonyl (C=O) groups is 3. The van der Waals surface area contributed by atoms with Gasteiger partial charge in [-0.1, -0.05) is 57.2 Å². The van der Waals surface area contributed by atoms with Crippen molar-refractivity contribution in [3.63, 3.8) is 0 Å². The van der Waals surface area contributed by atoms with Crippen molar-refractivity contribution < 1.29 is 19.1 Å². The second kappa shape index (κ2) is 11.3. The number of aromatic nitrogens is 2. The van der Waals surface area contributed by atoms with Gasteiger partial charge in [0.2, 0.25) is 5.91 Å². The third kappa shape index (κ3) is 7.68. The number of nitrogens with two attached hydrogens (primary N) is 1. The molecule has 2 amide bonds. The molecule has 172 valence electrons. The highest BCUT2D eigenvalue weighted by atomic mass is 16.5. The van der Waals surface area contributed by atoms with Crippen LogP contribution >= 0.6 is 0 Å². The lowest BCUT2D eigenvalue weighted by molar-refractivity contribution is -0.137. The molecule has 1 aromatic heterocycles. The first-order valence-corrected chi connectivity index (χ1v) is 10.7. The summed E-state index contributed by atoms with van der Waals surface area (Å²) in [4.78, 5) is 36.1. The quantitative estimate of drug-likeness (QED) is 0.435. The molecule has 1 heterocycles. The number of benzene rings is 1. The standard InChI is InChI=1S/C24H32N4O4/c1-5-32-22(30)14-12-18(11-13-21(25)29)26-23(31)19-15-20(24(2,3)4)27-28(19)16-17-9-7-6-8-10-17/h6-10,12,14-15,18H,5,11,13,16H2,1-4H3,(H2,25,29)(H,26,31)/b14-12+. The highest BCUT2D eigenvalue weighted by molar-refractivity contribution is 5.93. The Labute approximate surface area is 188 Å². The fourth-order valence-corrected chi connectivity index (χ4v) is 2.98. The predicted molar refractivity (Wildman–Crippen MR) is 122 cm³/mol. The number of nitrogens with zero attached hydrogens (tertiary/aromatic N) is 2. The van der Waals surface area contributed by atoms with Crippen molar-refractivity contribution in [2.75, 3.05) is 6.61 Å². The smallest absolute Gasteiger partial charge is 0.330 e. The minimum Gasteiger partial charge on any atom is -0.463 e. The van der Waals surface area contributed by atoms with Crippen molar-refractivity contribution in [2.24, 2.45) is 5.73 Å². The average molecular weight is 441 g/mol. The Kier molecular flexibility index (Phi) is 8.75. The van der Waals surface area contributed by atoms with Gasteiger partial charge < -0.3 is 15.8 Å². The van der Waals surface area contributed by atoms with E-state index in [4.69, 9.17) is 10.5 Å². The van der Waals surface area contributed by atoms with Crippen molar-refractivity contribution in [1.29, 1.82) is 0 Å². The van der Waals surface area contributed by atoms with Crippen molar-refractivity contribution in [2.45, 2.75) is 58.5 Å². The first-order chi connectivity index (χ1) is 15.1. The summed E-state index contributed by atoms with van der Waals surface area (Å²) in [6, 6.07) is 10.9. The maximum atomic E-state index is 13.2. The van der Waals surface area contributed by atoms with Gasteiger partial charge in [-0.2, -0.15) is 5.10 Å². The maximum Gasteiger partial charge on any atom is 0.330 e. The van der Waals surface area contributed by atoms with Crippen LogP contribution in [0.1, 0.15) is 62.3 Å². The number of carbonyl (C=O) groups excluding carboxylic acids is 3. The molecular formula is C24H32N4O4. The SMILES string of the molecule is CCOC(=O)/C=C/C(CCC(N)=O)NC(=O)c1cc(C(C)(C)C)nn1Cc1ccccc1. The number of amides is 2. The lowest BCUT2D eigenvalue weighted by Gasteiger charge is -2.15. The third-order valence-electron chi connectivity index (χ3n) is 4.73.